The lowest BCUT2D eigenvalue weighted by molar-refractivity contribution is 0.122. The van der Waals surface area contributed by atoms with Gasteiger partial charge in [-0.15, -0.1) is 0 Å². The molecule has 0 amide bonds. The average molecular weight is 280 g/mol. The number of rotatable bonds is 5. The highest BCUT2D eigenvalue weighted by atomic mass is 16.5. The standard InChI is InChI=1S/C13H24N6O/c1-9(2)10(3)8-15-12-16-11(14)17-13(18-12)19-4-6-20-7-5-19/h9-10H,4-8H2,1-3H3,(H3,14,15,16,17,18). The first-order chi connectivity index (χ1) is 9.56. The summed E-state index contributed by atoms with van der Waals surface area (Å²) in [5.41, 5.74) is 5.77. The van der Waals surface area contributed by atoms with E-state index in [0.717, 1.165) is 19.6 Å². The number of nitrogen functional groups attached to an aromatic ring is 1. The minimum absolute atomic E-state index is 0.251. The quantitative estimate of drug-likeness (QED) is 0.831. The molecule has 1 aliphatic heterocycles. The lowest BCUT2D eigenvalue weighted by Gasteiger charge is -2.27. The van der Waals surface area contributed by atoms with Crippen LogP contribution >= 0.6 is 0 Å². The maximum absolute atomic E-state index is 5.77. The smallest absolute Gasteiger partial charge is 0.232 e. The van der Waals surface area contributed by atoms with E-state index < -0.39 is 0 Å². The molecular formula is C13H24N6O. The third-order valence-corrected chi connectivity index (χ3v) is 3.66. The Balaban J connectivity index is 2.04. The number of hydrogen-bond donors (Lipinski definition) is 2. The molecule has 0 spiro atoms. The number of ether oxygens (including phenoxy) is 1. The van der Waals surface area contributed by atoms with Crippen LogP contribution in [0.15, 0.2) is 0 Å². The summed E-state index contributed by atoms with van der Waals surface area (Å²) in [6, 6.07) is 0. The predicted octanol–water partition coefficient (Wildman–Crippen LogP) is 0.994. The van der Waals surface area contributed by atoms with Crippen LogP contribution in [0, 0.1) is 11.8 Å². The van der Waals surface area contributed by atoms with E-state index in [2.05, 4.69) is 45.9 Å². The summed E-state index contributed by atoms with van der Waals surface area (Å²) in [5, 5.41) is 3.25. The molecule has 0 aliphatic carbocycles. The van der Waals surface area contributed by atoms with Crippen molar-refractivity contribution in [1.82, 2.24) is 15.0 Å². The van der Waals surface area contributed by atoms with E-state index in [9.17, 15) is 0 Å². The van der Waals surface area contributed by atoms with Crippen molar-refractivity contribution in [2.45, 2.75) is 20.8 Å². The summed E-state index contributed by atoms with van der Waals surface area (Å²) in [4.78, 5) is 14.9. The van der Waals surface area contributed by atoms with E-state index in [0.29, 0.717) is 36.9 Å². The van der Waals surface area contributed by atoms with Gasteiger partial charge in [0.1, 0.15) is 0 Å². The second kappa shape index (κ2) is 6.69. The van der Waals surface area contributed by atoms with Crippen molar-refractivity contribution in [2.24, 2.45) is 11.8 Å². The Labute approximate surface area is 119 Å². The topological polar surface area (TPSA) is 89.2 Å². The zero-order valence-electron chi connectivity index (χ0n) is 12.5. The van der Waals surface area contributed by atoms with E-state index >= 15 is 0 Å². The van der Waals surface area contributed by atoms with Gasteiger partial charge in [-0.2, -0.15) is 15.0 Å². The largest absolute Gasteiger partial charge is 0.378 e. The number of hydrogen-bond acceptors (Lipinski definition) is 7. The predicted molar refractivity (Wildman–Crippen MR) is 79.8 cm³/mol. The fraction of sp³-hybridized carbons (Fsp3) is 0.769. The van der Waals surface area contributed by atoms with Crippen molar-refractivity contribution >= 4 is 17.8 Å². The van der Waals surface area contributed by atoms with Gasteiger partial charge in [0.05, 0.1) is 13.2 Å². The van der Waals surface area contributed by atoms with Crippen LogP contribution in [0.5, 0.6) is 0 Å². The van der Waals surface area contributed by atoms with Crippen LogP contribution in [0.2, 0.25) is 0 Å². The third-order valence-electron chi connectivity index (χ3n) is 3.66. The zero-order chi connectivity index (χ0) is 14.5. The van der Waals surface area contributed by atoms with Gasteiger partial charge in [-0.05, 0) is 11.8 Å². The van der Waals surface area contributed by atoms with Crippen LogP contribution < -0.4 is 16.0 Å². The number of nitrogens with zero attached hydrogens (tertiary/aromatic N) is 4. The van der Waals surface area contributed by atoms with Crippen molar-refractivity contribution in [2.75, 3.05) is 48.8 Å². The van der Waals surface area contributed by atoms with Gasteiger partial charge in [-0.1, -0.05) is 20.8 Å². The molecule has 0 radical (unpaired) electrons. The molecule has 1 unspecified atom stereocenters. The Hall–Kier alpha value is -1.63. The molecule has 112 valence electrons. The summed E-state index contributed by atoms with van der Waals surface area (Å²) < 4.78 is 5.33. The maximum Gasteiger partial charge on any atom is 0.232 e. The van der Waals surface area contributed by atoms with E-state index in [-0.39, 0.29) is 5.95 Å². The molecule has 7 heteroatoms. The Bertz CT molecular complexity index is 433. The first kappa shape index (κ1) is 14.8. The summed E-state index contributed by atoms with van der Waals surface area (Å²) >= 11 is 0. The Morgan fingerprint density at radius 1 is 1.20 bits per heavy atom. The molecule has 1 aromatic rings. The van der Waals surface area contributed by atoms with Crippen LogP contribution in [0.25, 0.3) is 0 Å². The molecule has 1 fully saturated rings. The molecule has 0 bridgehead atoms. The molecule has 7 nitrogen and oxygen atoms in total. The highest BCUT2D eigenvalue weighted by Gasteiger charge is 2.16. The highest BCUT2D eigenvalue weighted by molar-refractivity contribution is 5.42. The van der Waals surface area contributed by atoms with Crippen molar-refractivity contribution in [1.29, 1.82) is 0 Å². The zero-order valence-corrected chi connectivity index (χ0v) is 12.5. The lowest BCUT2D eigenvalue weighted by atomic mass is 9.98. The summed E-state index contributed by atoms with van der Waals surface area (Å²) in [5.74, 6) is 2.58. The van der Waals surface area contributed by atoms with Gasteiger partial charge in [0.2, 0.25) is 17.8 Å². The fourth-order valence-corrected chi connectivity index (χ4v) is 1.85. The van der Waals surface area contributed by atoms with Crippen LogP contribution in [0.3, 0.4) is 0 Å². The summed E-state index contributed by atoms with van der Waals surface area (Å²) in [7, 11) is 0. The summed E-state index contributed by atoms with van der Waals surface area (Å²) in [6.07, 6.45) is 0. The van der Waals surface area contributed by atoms with Crippen LogP contribution in [0.4, 0.5) is 17.8 Å². The van der Waals surface area contributed by atoms with Crippen molar-refractivity contribution in [3.05, 3.63) is 0 Å². The molecular weight excluding hydrogens is 256 g/mol. The van der Waals surface area contributed by atoms with Crippen molar-refractivity contribution in [3.63, 3.8) is 0 Å². The highest BCUT2D eigenvalue weighted by Crippen LogP contribution is 2.15. The third kappa shape index (κ3) is 3.93. The molecule has 1 aromatic heterocycles. The van der Waals surface area contributed by atoms with Gasteiger partial charge in [0.25, 0.3) is 0 Å². The van der Waals surface area contributed by atoms with Crippen LogP contribution in [-0.2, 0) is 4.74 Å². The molecule has 1 aliphatic rings. The first-order valence-electron chi connectivity index (χ1n) is 7.14. The van der Waals surface area contributed by atoms with Gasteiger partial charge in [-0.3, -0.25) is 0 Å². The minimum Gasteiger partial charge on any atom is -0.378 e. The SMILES string of the molecule is CC(C)C(C)CNc1nc(N)nc(N2CCOCC2)n1. The Kier molecular flexibility index (Phi) is 4.94. The van der Waals surface area contributed by atoms with E-state index in [1.54, 1.807) is 0 Å². The second-order valence-electron chi connectivity index (χ2n) is 5.52. The normalized spacial score (nSPS) is 17.3. The number of nitrogens with two attached hydrogens (primary N) is 1. The number of aromatic nitrogens is 3. The van der Waals surface area contributed by atoms with Gasteiger partial charge in [0.15, 0.2) is 0 Å². The molecule has 0 aromatic carbocycles. The fourth-order valence-electron chi connectivity index (χ4n) is 1.85. The number of anilines is 3. The van der Waals surface area contributed by atoms with E-state index in [1.165, 1.54) is 0 Å². The molecule has 1 atom stereocenters. The van der Waals surface area contributed by atoms with Crippen molar-refractivity contribution < 1.29 is 4.74 Å². The van der Waals surface area contributed by atoms with Gasteiger partial charge >= 0.3 is 0 Å². The molecule has 3 N–H and O–H groups in total. The Morgan fingerprint density at radius 2 is 1.90 bits per heavy atom. The van der Waals surface area contributed by atoms with Crippen LogP contribution in [0.1, 0.15) is 20.8 Å². The van der Waals surface area contributed by atoms with Crippen molar-refractivity contribution in [3.8, 4) is 0 Å². The molecule has 2 rings (SSSR count). The second-order valence-corrected chi connectivity index (χ2v) is 5.52. The lowest BCUT2D eigenvalue weighted by Crippen LogP contribution is -2.37. The molecule has 1 saturated heterocycles. The monoisotopic (exact) mass is 280 g/mol. The van der Waals surface area contributed by atoms with Gasteiger partial charge in [0, 0.05) is 19.6 Å². The molecule has 20 heavy (non-hydrogen) atoms. The number of morpholine rings is 1. The van der Waals surface area contributed by atoms with Gasteiger partial charge in [-0.25, -0.2) is 0 Å². The Morgan fingerprint density at radius 3 is 2.55 bits per heavy atom. The van der Waals surface area contributed by atoms with E-state index in [4.69, 9.17) is 10.5 Å². The molecule has 2 heterocycles. The van der Waals surface area contributed by atoms with Gasteiger partial charge < -0.3 is 20.7 Å². The van der Waals surface area contributed by atoms with Crippen LogP contribution in [-0.4, -0.2) is 47.8 Å². The summed E-state index contributed by atoms with van der Waals surface area (Å²) in [6.45, 7) is 10.4. The first-order valence-corrected chi connectivity index (χ1v) is 7.14. The van der Waals surface area contributed by atoms with E-state index in [1.807, 2.05) is 0 Å². The number of nitrogens with one attached hydrogen (secondary N) is 1. The average Bonchev–Trinajstić information content (AvgIpc) is 2.45. The maximum atomic E-state index is 5.77. The minimum atomic E-state index is 0.251. The molecule has 0 saturated carbocycles.